The van der Waals surface area contributed by atoms with Gasteiger partial charge < -0.3 is 20.5 Å². The molecule has 0 aliphatic heterocycles. The van der Waals surface area contributed by atoms with Crippen molar-refractivity contribution in [3.63, 3.8) is 0 Å². The minimum absolute atomic E-state index is 0.0466. The topological polar surface area (TPSA) is 87.7 Å². The number of nitrogens with one attached hydrogen (secondary N) is 2. The highest BCUT2D eigenvalue weighted by atomic mass is 16.5. The highest BCUT2D eigenvalue weighted by Gasteiger charge is 2.15. The molecule has 0 spiro atoms. The van der Waals surface area contributed by atoms with E-state index in [4.69, 9.17) is 9.84 Å². The Morgan fingerprint density at radius 3 is 2.46 bits per heavy atom. The number of hydrogen-bond acceptors (Lipinski definition) is 4. The van der Waals surface area contributed by atoms with Gasteiger partial charge in [0.2, 0.25) is 12.1 Å². The number of aliphatic carboxylic acids is 1. The standard InChI is InChI=1S/C20H30N2O4/c1-15(2)8-6-4-5-7-9-18(23)21-14-16-10-12-17(13-11-16)22-19(26-3)20(24)25/h6,8,10-13,15,19,22H,4-5,7,9,14H2,1-3H3,(H,21,23)(H,24,25)/b8-6+. The maximum absolute atomic E-state index is 11.9. The molecule has 1 amide bonds. The lowest BCUT2D eigenvalue weighted by atomic mass is 10.1. The molecule has 0 saturated carbocycles. The van der Waals surface area contributed by atoms with Gasteiger partial charge in [0.25, 0.3) is 0 Å². The Morgan fingerprint density at radius 2 is 1.88 bits per heavy atom. The van der Waals surface area contributed by atoms with Crippen LogP contribution in [0.3, 0.4) is 0 Å². The number of allylic oxidation sites excluding steroid dienone is 2. The van der Waals surface area contributed by atoms with Crippen molar-refractivity contribution in [2.45, 2.75) is 52.3 Å². The van der Waals surface area contributed by atoms with E-state index in [-0.39, 0.29) is 5.91 Å². The highest BCUT2D eigenvalue weighted by molar-refractivity contribution is 5.76. The lowest BCUT2D eigenvalue weighted by Crippen LogP contribution is -2.30. The summed E-state index contributed by atoms with van der Waals surface area (Å²) in [5.41, 5.74) is 1.59. The summed E-state index contributed by atoms with van der Waals surface area (Å²) in [7, 11) is 1.33. The van der Waals surface area contributed by atoms with E-state index in [1.54, 1.807) is 12.1 Å². The molecule has 0 bridgehead atoms. The number of carbonyl (C=O) groups is 2. The van der Waals surface area contributed by atoms with E-state index in [1.807, 2.05) is 12.1 Å². The predicted octanol–water partition coefficient (Wildman–Crippen LogP) is 3.54. The van der Waals surface area contributed by atoms with Gasteiger partial charge in [0, 0.05) is 25.8 Å². The van der Waals surface area contributed by atoms with Crippen molar-refractivity contribution < 1.29 is 19.4 Å². The van der Waals surface area contributed by atoms with Crippen LogP contribution in [0.2, 0.25) is 0 Å². The summed E-state index contributed by atoms with van der Waals surface area (Å²) in [4.78, 5) is 22.8. The number of anilines is 1. The molecule has 0 saturated heterocycles. The SMILES string of the molecule is COC(Nc1ccc(CNC(=O)CCCC/C=C/C(C)C)cc1)C(=O)O. The van der Waals surface area contributed by atoms with E-state index in [0.717, 1.165) is 24.8 Å². The van der Waals surface area contributed by atoms with E-state index in [9.17, 15) is 9.59 Å². The zero-order chi connectivity index (χ0) is 19.4. The Kier molecular flexibility index (Phi) is 10.1. The molecule has 0 aromatic heterocycles. The average molecular weight is 362 g/mol. The molecule has 0 heterocycles. The van der Waals surface area contributed by atoms with Gasteiger partial charge in [-0.15, -0.1) is 0 Å². The largest absolute Gasteiger partial charge is 0.478 e. The first kappa shape index (κ1) is 21.7. The van der Waals surface area contributed by atoms with Crippen LogP contribution in [0.1, 0.15) is 45.1 Å². The highest BCUT2D eigenvalue weighted by Crippen LogP contribution is 2.11. The number of unbranched alkanes of at least 4 members (excludes halogenated alkanes) is 2. The van der Waals surface area contributed by atoms with Gasteiger partial charge in [-0.25, -0.2) is 4.79 Å². The number of methoxy groups -OCH3 is 1. The van der Waals surface area contributed by atoms with Gasteiger partial charge >= 0.3 is 5.97 Å². The fourth-order valence-electron chi connectivity index (χ4n) is 2.30. The van der Waals surface area contributed by atoms with Gasteiger partial charge in [-0.2, -0.15) is 0 Å². The molecule has 6 heteroatoms. The van der Waals surface area contributed by atoms with Crippen LogP contribution in [-0.2, 0) is 20.9 Å². The molecule has 1 aromatic carbocycles. The molecule has 3 N–H and O–H groups in total. The van der Waals surface area contributed by atoms with Gasteiger partial charge in [0.15, 0.2) is 0 Å². The average Bonchev–Trinajstić information content (AvgIpc) is 2.61. The molecular weight excluding hydrogens is 332 g/mol. The van der Waals surface area contributed by atoms with E-state index in [2.05, 4.69) is 36.6 Å². The maximum atomic E-state index is 11.9. The summed E-state index contributed by atoms with van der Waals surface area (Å²) in [6.07, 6.45) is 6.71. The number of carboxylic acid groups (broad SMARTS) is 1. The first-order chi connectivity index (χ1) is 12.4. The Labute approximate surface area is 155 Å². The number of amides is 1. The molecule has 1 unspecified atom stereocenters. The number of carbonyl (C=O) groups excluding carboxylic acids is 1. The molecular formula is C20H30N2O4. The number of ether oxygens (including phenoxy) is 1. The van der Waals surface area contributed by atoms with Crippen LogP contribution in [0.15, 0.2) is 36.4 Å². The van der Waals surface area contributed by atoms with Crippen LogP contribution in [0.25, 0.3) is 0 Å². The van der Waals surface area contributed by atoms with Gasteiger partial charge in [-0.05, 0) is 42.9 Å². The third-order valence-corrected chi connectivity index (χ3v) is 3.75. The number of rotatable bonds is 12. The lowest BCUT2D eigenvalue weighted by molar-refractivity contribution is -0.146. The monoisotopic (exact) mass is 362 g/mol. The van der Waals surface area contributed by atoms with Crippen LogP contribution in [0.4, 0.5) is 5.69 Å². The van der Waals surface area contributed by atoms with Gasteiger partial charge in [0.1, 0.15) is 0 Å². The molecule has 6 nitrogen and oxygen atoms in total. The van der Waals surface area contributed by atoms with Crippen LogP contribution in [-0.4, -0.2) is 30.3 Å². The normalized spacial score (nSPS) is 12.3. The van der Waals surface area contributed by atoms with E-state index in [1.165, 1.54) is 7.11 Å². The summed E-state index contributed by atoms with van der Waals surface area (Å²) >= 11 is 0. The first-order valence-corrected chi connectivity index (χ1v) is 8.96. The second kappa shape index (κ2) is 12.1. The third kappa shape index (κ3) is 9.22. The van der Waals surface area contributed by atoms with Crippen molar-refractivity contribution in [2.24, 2.45) is 5.92 Å². The fourth-order valence-corrected chi connectivity index (χ4v) is 2.30. The van der Waals surface area contributed by atoms with Gasteiger partial charge in [-0.1, -0.05) is 38.1 Å². The Balaban J connectivity index is 2.28. The molecule has 1 rings (SSSR count). The maximum Gasteiger partial charge on any atom is 0.353 e. The van der Waals surface area contributed by atoms with Crippen molar-refractivity contribution in [1.29, 1.82) is 0 Å². The molecule has 0 aliphatic rings. The zero-order valence-electron chi connectivity index (χ0n) is 15.8. The Bertz CT molecular complexity index is 582. The van der Waals surface area contributed by atoms with Gasteiger partial charge in [-0.3, -0.25) is 4.79 Å². The molecule has 0 aliphatic carbocycles. The van der Waals surface area contributed by atoms with Crippen LogP contribution >= 0.6 is 0 Å². The number of hydrogen-bond donors (Lipinski definition) is 3. The summed E-state index contributed by atoms with van der Waals surface area (Å²) < 4.78 is 4.83. The molecule has 1 atom stereocenters. The first-order valence-electron chi connectivity index (χ1n) is 8.96. The van der Waals surface area contributed by atoms with E-state index in [0.29, 0.717) is 24.6 Å². The summed E-state index contributed by atoms with van der Waals surface area (Å²) in [6.45, 7) is 4.75. The minimum atomic E-state index is -1.09. The van der Waals surface area contributed by atoms with Crippen molar-refractivity contribution in [3.05, 3.63) is 42.0 Å². The smallest absolute Gasteiger partial charge is 0.353 e. The van der Waals surface area contributed by atoms with Crippen molar-refractivity contribution in [2.75, 3.05) is 12.4 Å². The Hall–Kier alpha value is -2.34. The summed E-state index contributed by atoms with van der Waals surface area (Å²) in [6, 6.07) is 7.21. The molecule has 26 heavy (non-hydrogen) atoms. The number of carboxylic acids is 1. The molecule has 0 radical (unpaired) electrons. The number of benzene rings is 1. The predicted molar refractivity (Wildman–Crippen MR) is 103 cm³/mol. The third-order valence-electron chi connectivity index (χ3n) is 3.75. The fraction of sp³-hybridized carbons (Fsp3) is 0.500. The van der Waals surface area contributed by atoms with Crippen molar-refractivity contribution in [3.8, 4) is 0 Å². The van der Waals surface area contributed by atoms with Crippen LogP contribution < -0.4 is 10.6 Å². The quantitative estimate of drug-likeness (QED) is 0.301. The molecule has 1 aromatic rings. The van der Waals surface area contributed by atoms with E-state index >= 15 is 0 Å². The Morgan fingerprint density at radius 1 is 1.19 bits per heavy atom. The van der Waals surface area contributed by atoms with Crippen molar-refractivity contribution in [1.82, 2.24) is 5.32 Å². The zero-order valence-corrected chi connectivity index (χ0v) is 15.8. The van der Waals surface area contributed by atoms with Crippen LogP contribution in [0.5, 0.6) is 0 Å². The second-order valence-electron chi connectivity index (χ2n) is 6.49. The van der Waals surface area contributed by atoms with Gasteiger partial charge in [0.05, 0.1) is 0 Å². The van der Waals surface area contributed by atoms with Crippen LogP contribution in [0, 0.1) is 5.92 Å². The molecule has 0 fully saturated rings. The minimum Gasteiger partial charge on any atom is -0.478 e. The second-order valence-corrected chi connectivity index (χ2v) is 6.49. The molecule has 144 valence electrons. The van der Waals surface area contributed by atoms with E-state index < -0.39 is 12.2 Å². The summed E-state index contributed by atoms with van der Waals surface area (Å²) in [5.74, 6) is -0.460. The summed E-state index contributed by atoms with van der Waals surface area (Å²) in [5, 5.41) is 14.6. The van der Waals surface area contributed by atoms with Crippen molar-refractivity contribution >= 4 is 17.6 Å². The lowest BCUT2D eigenvalue weighted by Gasteiger charge is -2.14.